The van der Waals surface area contributed by atoms with E-state index < -0.39 is 0 Å². The molecule has 20 heavy (non-hydrogen) atoms. The van der Waals surface area contributed by atoms with Gasteiger partial charge in [0.2, 0.25) is 0 Å². The summed E-state index contributed by atoms with van der Waals surface area (Å²) in [5, 5.41) is 4.41. The first kappa shape index (κ1) is 17.5. The fraction of sp³-hybridized carbons (Fsp3) is 0.647. The second kappa shape index (κ2) is 8.66. The zero-order valence-electron chi connectivity index (χ0n) is 13.2. The average Bonchev–Trinajstić information content (AvgIpc) is 2.45. The highest BCUT2D eigenvalue weighted by Crippen LogP contribution is 2.28. The van der Waals surface area contributed by atoms with E-state index in [0.717, 1.165) is 37.4 Å². The Morgan fingerprint density at radius 1 is 1.20 bits per heavy atom. The van der Waals surface area contributed by atoms with Crippen molar-refractivity contribution in [1.29, 1.82) is 0 Å². The molecule has 0 aromatic heterocycles. The third kappa shape index (κ3) is 4.47. The van der Waals surface area contributed by atoms with Crippen molar-refractivity contribution in [3.05, 3.63) is 34.9 Å². The van der Waals surface area contributed by atoms with Crippen molar-refractivity contribution in [2.75, 3.05) is 13.2 Å². The number of rotatable bonds is 9. The SMILES string of the molecule is CCNC(Cc1cccc(Cl)c1)C(CC)(CC)OCC. The maximum absolute atomic E-state index is 6.15. The molecule has 1 N–H and O–H groups in total. The Morgan fingerprint density at radius 3 is 2.40 bits per heavy atom. The molecule has 1 aromatic carbocycles. The van der Waals surface area contributed by atoms with Crippen molar-refractivity contribution < 1.29 is 4.74 Å². The Bertz CT molecular complexity index is 390. The Morgan fingerprint density at radius 2 is 1.90 bits per heavy atom. The normalized spacial score (nSPS) is 13.4. The lowest BCUT2D eigenvalue weighted by molar-refractivity contribution is -0.0715. The molecule has 1 unspecified atom stereocenters. The summed E-state index contributed by atoms with van der Waals surface area (Å²) in [7, 11) is 0. The van der Waals surface area contributed by atoms with E-state index in [1.54, 1.807) is 0 Å². The van der Waals surface area contributed by atoms with Crippen LogP contribution in [-0.4, -0.2) is 24.8 Å². The van der Waals surface area contributed by atoms with Crippen molar-refractivity contribution >= 4 is 11.6 Å². The van der Waals surface area contributed by atoms with E-state index in [2.05, 4.69) is 39.1 Å². The highest BCUT2D eigenvalue weighted by Gasteiger charge is 2.35. The minimum atomic E-state index is -0.104. The molecule has 1 aromatic rings. The molecule has 0 fully saturated rings. The summed E-state index contributed by atoms with van der Waals surface area (Å²) in [5.74, 6) is 0. The van der Waals surface area contributed by atoms with E-state index in [1.807, 2.05) is 18.2 Å². The molecular formula is C17H28ClNO. The molecule has 0 aliphatic rings. The van der Waals surface area contributed by atoms with Gasteiger partial charge in [-0.3, -0.25) is 0 Å². The third-order valence-corrected chi connectivity index (χ3v) is 4.28. The van der Waals surface area contributed by atoms with Crippen LogP contribution in [0.2, 0.25) is 5.02 Å². The van der Waals surface area contributed by atoms with Crippen LogP contribution in [0.4, 0.5) is 0 Å². The molecule has 3 heteroatoms. The van der Waals surface area contributed by atoms with Crippen LogP contribution in [0.15, 0.2) is 24.3 Å². The van der Waals surface area contributed by atoms with E-state index >= 15 is 0 Å². The van der Waals surface area contributed by atoms with Crippen molar-refractivity contribution in [3.63, 3.8) is 0 Å². The fourth-order valence-corrected chi connectivity index (χ4v) is 3.14. The van der Waals surface area contributed by atoms with Gasteiger partial charge >= 0.3 is 0 Å². The molecule has 0 saturated heterocycles. The quantitative estimate of drug-likeness (QED) is 0.727. The Balaban J connectivity index is 2.96. The number of hydrogen-bond donors (Lipinski definition) is 1. The van der Waals surface area contributed by atoms with Crippen LogP contribution in [0.1, 0.15) is 46.1 Å². The minimum Gasteiger partial charge on any atom is -0.374 e. The Hall–Kier alpha value is -0.570. The van der Waals surface area contributed by atoms with Crippen LogP contribution >= 0.6 is 11.6 Å². The van der Waals surface area contributed by atoms with Crippen LogP contribution in [0.25, 0.3) is 0 Å². The molecule has 0 aliphatic heterocycles. The summed E-state index contributed by atoms with van der Waals surface area (Å²) in [6, 6.07) is 8.43. The summed E-state index contributed by atoms with van der Waals surface area (Å²) in [6.07, 6.45) is 2.96. The van der Waals surface area contributed by atoms with Gasteiger partial charge in [0.15, 0.2) is 0 Å². The third-order valence-electron chi connectivity index (χ3n) is 4.04. The van der Waals surface area contributed by atoms with Gasteiger partial charge in [0, 0.05) is 17.7 Å². The van der Waals surface area contributed by atoms with Gasteiger partial charge in [-0.1, -0.05) is 44.5 Å². The first-order chi connectivity index (χ1) is 9.61. The van der Waals surface area contributed by atoms with Gasteiger partial charge in [-0.2, -0.15) is 0 Å². The highest BCUT2D eigenvalue weighted by atomic mass is 35.5. The molecule has 1 rings (SSSR count). The lowest BCUT2D eigenvalue weighted by atomic mass is 9.84. The largest absolute Gasteiger partial charge is 0.374 e. The zero-order valence-corrected chi connectivity index (χ0v) is 14.0. The van der Waals surface area contributed by atoms with E-state index in [0.29, 0.717) is 6.04 Å². The first-order valence-electron chi connectivity index (χ1n) is 7.73. The Kier molecular flexibility index (Phi) is 7.57. The predicted octanol–water partition coefficient (Wildman–Crippen LogP) is 4.46. The second-order valence-electron chi connectivity index (χ2n) is 5.15. The molecular weight excluding hydrogens is 270 g/mol. The number of halogens is 1. The predicted molar refractivity (Wildman–Crippen MR) is 87.6 cm³/mol. The zero-order chi connectivity index (χ0) is 15.0. The van der Waals surface area contributed by atoms with E-state index in [9.17, 15) is 0 Å². The maximum atomic E-state index is 6.15. The summed E-state index contributed by atoms with van der Waals surface area (Å²) in [6.45, 7) is 10.3. The highest BCUT2D eigenvalue weighted by molar-refractivity contribution is 6.30. The molecule has 0 heterocycles. The fourth-order valence-electron chi connectivity index (χ4n) is 2.93. The van der Waals surface area contributed by atoms with E-state index in [4.69, 9.17) is 16.3 Å². The summed E-state index contributed by atoms with van der Waals surface area (Å²) in [4.78, 5) is 0. The van der Waals surface area contributed by atoms with Crippen LogP contribution in [-0.2, 0) is 11.2 Å². The number of ether oxygens (including phenoxy) is 1. The van der Waals surface area contributed by atoms with Gasteiger partial charge in [-0.25, -0.2) is 0 Å². The van der Waals surface area contributed by atoms with Crippen LogP contribution in [0, 0.1) is 0 Å². The van der Waals surface area contributed by atoms with Crippen molar-refractivity contribution in [2.24, 2.45) is 0 Å². The monoisotopic (exact) mass is 297 g/mol. The molecule has 0 radical (unpaired) electrons. The van der Waals surface area contributed by atoms with Crippen molar-refractivity contribution in [1.82, 2.24) is 5.32 Å². The van der Waals surface area contributed by atoms with Gasteiger partial charge in [0.25, 0.3) is 0 Å². The van der Waals surface area contributed by atoms with Crippen LogP contribution in [0.5, 0.6) is 0 Å². The van der Waals surface area contributed by atoms with E-state index in [-0.39, 0.29) is 5.60 Å². The molecule has 2 nitrogen and oxygen atoms in total. The van der Waals surface area contributed by atoms with Crippen molar-refractivity contribution in [2.45, 2.75) is 58.6 Å². The second-order valence-corrected chi connectivity index (χ2v) is 5.59. The average molecular weight is 298 g/mol. The molecule has 0 spiro atoms. The molecule has 114 valence electrons. The van der Waals surface area contributed by atoms with Crippen LogP contribution < -0.4 is 5.32 Å². The molecule has 0 bridgehead atoms. The summed E-state index contributed by atoms with van der Waals surface area (Å²) < 4.78 is 6.15. The van der Waals surface area contributed by atoms with Gasteiger partial charge in [-0.15, -0.1) is 0 Å². The Labute approximate surface area is 128 Å². The van der Waals surface area contributed by atoms with Gasteiger partial charge < -0.3 is 10.1 Å². The lowest BCUT2D eigenvalue weighted by Crippen LogP contribution is -2.53. The maximum Gasteiger partial charge on any atom is 0.0832 e. The number of likely N-dealkylation sites (N-methyl/N-ethyl adjacent to an activating group) is 1. The first-order valence-corrected chi connectivity index (χ1v) is 8.11. The summed E-state index contributed by atoms with van der Waals surface area (Å²) >= 11 is 6.10. The molecule has 0 saturated carbocycles. The lowest BCUT2D eigenvalue weighted by Gasteiger charge is -2.40. The van der Waals surface area contributed by atoms with E-state index in [1.165, 1.54) is 5.56 Å². The standard InChI is InChI=1S/C17H28ClNO/c1-5-17(6-2,20-8-4)16(19-7-3)13-14-10-9-11-15(18)12-14/h9-12,16,19H,5-8,13H2,1-4H3. The smallest absolute Gasteiger partial charge is 0.0832 e. The summed E-state index contributed by atoms with van der Waals surface area (Å²) in [5.41, 5.74) is 1.15. The minimum absolute atomic E-state index is 0.104. The topological polar surface area (TPSA) is 21.3 Å². The number of nitrogens with one attached hydrogen (secondary N) is 1. The molecule has 1 atom stereocenters. The number of hydrogen-bond acceptors (Lipinski definition) is 2. The number of benzene rings is 1. The van der Waals surface area contributed by atoms with Crippen LogP contribution in [0.3, 0.4) is 0 Å². The molecule has 0 amide bonds. The van der Waals surface area contributed by atoms with Gasteiger partial charge in [-0.05, 0) is 50.4 Å². The van der Waals surface area contributed by atoms with Crippen molar-refractivity contribution in [3.8, 4) is 0 Å². The van der Waals surface area contributed by atoms with Gasteiger partial charge in [0.05, 0.1) is 5.60 Å². The van der Waals surface area contributed by atoms with Gasteiger partial charge in [0.1, 0.15) is 0 Å². The molecule has 0 aliphatic carbocycles.